The number of hydrogen-bond donors (Lipinski definition) is 2. The van der Waals surface area contributed by atoms with Crippen molar-refractivity contribution in [3.8, 4) is 11.5 Å². The maximum Gasteiger partial charge on any atom is 0.272 e. The summed E-state index contributed by atoms with van der Waals surface area (Å²) in [5.74, 6) is 0.648. The van der Waals surface area contributed by atoms with Gasteiger partial charge in [0.2, 0.25) is 6.54 Å². The predicted octanol–water partition coefficient (Wildman–Crippen LogP) is 2.60. The maximum atomic E-state index is 12.3. The lowest BCUT2D eigenvalue weighted by molar-refractivity contribution is -0.470. The number of aliphatic imine (C=N–C) groups is 1. The van der Waals surface area contributed by atoms with E-state index in [9.17, 15) is 14.9 Å². The number of amides is 1. The van der Waals surface area contributed by atoms with Gasteiger partial charge in [-0.25, -0.2) is 4.99 Å². The fourth-order valence-electron chi connectivity index (χ4n) is 2.52. The van der Waals surface area contributed by atoms with Gasteiger partial charge in [0, 0.05) is 30.8 Å². The molecule has 2 N–H and O–H groups in total. The number of hydrogen-bond acceptors (Lipinski definition) is 7. The van der Waals surface area contributed by atoms with Crippen LogP contribution in [0.4, 0.5) is 5.69 Å². The lowest BCUT2D eigenvalue weighted by Crippen LogP contribution is -2.38. The number of carbonyl (C=O) groups excluding carboxylic acids is 1. The number of allylic oxidation sites excluding steroid dienone is 3. The van der Waals surface area contributed by atoms with E-state index < -0.39 is 17.4 Å². The van der Waals surface area contributed by atoms with Gasteiger partial charge < -0.3 is 14.4 Å². The molecular weight excluding hydrogens is 402 g/mol. The summed E-state index contributed by atoms with van der Waals surface area (Å²) in [7, 11) is 3.73. The van der Waals surface area contributed by atoms with E-state index in [2.05, 4.69) is 29.0 Å². The molecular formula is C21H29N5O5. The number of nitrogens with zero attached hydrogens (tertiary/aromatic N) is 3. The number of hydrazine groups is 1. The molecule has 0 spiro atoms. The zero-order valence-corrected chi connectivity index (χ0v) is 18.1. The van der Waals surface area contributed by atoms with Crippen LogP contribution in [0.25, 0.3) is 0 Å². The Labute approximate surface area is 182 Å². The van der Waals surface area contributed by atoms with Crippen molar-refractivity contribution < 1.29 is 19.2 Å². The molecule has 1 aliphatic heterocycles. The van der Waals surface area contributed by atoms with E-state index in [0.29, 0.717) is 30.4 Å². The Bertz CT molecular complexity index is 849. The number of carbonyl (C=O) groups is 1. The second-order valence-corrected chi connectivity index (χ2v) is 6.27. The largest absolute Gasteiger partial charge is 0.486 e. The number of nitro groups is 1. The van der Waals surface area contributed by atoms with Crippen molar-refractivity contribution in [2.75, 3.05) is 33.9 Å². The van der Waals surface area contributed by atoms with Crippen LogP contribution in [0.1, 0.15) is 13.3 Å². The lowest BCUT2D eigenvalue weighted by Gasteiger charge is -2.18. The second-order valence-electron chi connectivity index (χ2n) is 6.27. The molecule has 0 atom stereocenters. The molecule has 1 aromatic rings. The maximum absolute atomic E-state index is 12.3. The van der Waals surface area contributed by atoms with Gasteiger partial charge >= 0.3 is 0 Å². The monoisotopic (exact) mass is 431 g/mol. The standard InChI is InChI=1S/C19H25N5O5.C2H4/c1-4-16(23(2)3)7-5-14(12-24(26)27)19(25)22-21-13-20-15-6-8-17-18(11-15)29-10-9-28-17;1-2/h5-8,11,13H,4,9-10,12H2,1-3H3,(H,20,21)(H,22,25);1-2H2/b14-5+,16-7+;. The quantitative estimate of drug-likeness (QED) is 0.117. The first kappa shape index (κ1) is 25.2. The van der Waals surface area contributed by atoms with Crippen LogP contribution in [0, 0.1) is 10.1 Å². The molecule has 0 saturated heterocycles. The highest BCUT2D eigenvalue weighted by atomic mass is 16.6. The molecule has 0 aliphatic carbocycles. The van der Waals surface area contributed by atoms with Crippen LogP contribution < -0.4 is 20.3 Å². The zero-order chi connectivity index (χ0) is 23.2. The summed E-state index contributed by atoms with van der Waals surface area (Å²) < 4.78 is 10.9. The van der Waals surface area contributed by atoms with Gasteiger partial charge in [0.05, 0.1) is 11.3 Å². The third-order valence-corrected chi connectivity index (χ3v) is 3.99. The van der Waals surface area contributed by atoms with Gasteiger partial charge in [-0.2, -0.15) is 0 Å². The average molecular weight is 431 g/mol. The van der Waals surface area contributed by atoms with Gasteiger partial charge in [-0.3, -0.25) is 25.8 Å². The molecule has 10 heteroatoms. The van der Waals surface area contributed by atoms with Crippen molar-refractivity contribution in [3.05, 3.63) is 64.9 Å². The van der Waals surface area contributed by atoms with Gasteiger partial charge in [-0.1, -0.05) is 6.92 Å². The van der Waals surface area contributed by atoms with Gasteiger partial charge in [0.1, 0.15) is 19.6 Å². The first-order chi connectivity index (χ1) is 14.9. The van der Waals surface area contributed by atoms with Crippen LogP contribution >= 0.6 is 0 Å². The van der Waals surface area contributed by atoms with E-state index in [1.807, 2.05) is 25.9 Å². The van der Waals surface area contributed by atoms with Gasteiger partial charge in [-0.15, -0.1) is 13.2 Å². The molecule has 31 heavy (non-hydrogen) atoms. The molecule has 1 aromatic carbocycles. The number of rotatable bonds is 9. The normalized spacial score (nSPS) is 13.1. The van der Waals surface area contributed by atoms with Crippen LogP contribution in [0.2, 0.25) is 0 Å². The topological polar surface area (TPSA) is 118 Å². The smallest absolute Gasteiger partial charge is 0.272 e. The number of ether oxygens (including phenoxy) is 2. The minimum Gasteiger partial charge on any atom is -0.486 e. The van der Waals surface area contributed by atoms with Crippen molar-refractivity contribution in [1.82, 2.24) is 15.8 Å². The molecule has 10 nitrogen and oxygen atoms in total. The SMILES string of the molecule is C=C.CC/C(=C\C=C(/C[N+](=O)[O-])C(=O)NNC=Nc1ccc2c(c1)OCCO2)N(C)C. The highest BCUT2D eigenvalue weighted by Crippen LogP contribution is 2.33. The van der Waals surface area contributed by atoms with Crippen LogP contribution in [0.5, 0.6) is 11.5 Å². The summed E-state index contributed by atoms with van der Waals surface area (Å²) in [5.41, 5.74) is 6.47. The van der Waals surface area contributed by atoms with E-state index in [1.165, 1.54) is 12.4 Å². The fraction of sp³-hybridized carbons (Fsp3) is 0.333. The van der Waals surface area contributed by atoms with Crippen molar-refractivity contribution in [3.63, 3.8) is 0 Å². The van der Waals surface area contributed by atoms with Crippen molar-refractivity contribution in [2.45, 2.75) is 13.3 Å². The first-order valence-corrected chi connectivity index (χ1v) is 9.57. The number of fused-ring (bicyclic) bond motifs is 1. The molecule has 0 fully saturated rings. The molecule has 2 rings (SSSR count). The van der Waals surface area contributed by atoms with E-state index in [4.69, 9.17) is 9.47 Å². The molecule has 1 aliphatic rings. The Morgan fingerprint density at radius 3 is 2.55 bits per heavy atom. The molecule has 0 saturated carbocycles. The van der Waals surface area contributed by atoms with Crippen molar-refractivity contribution in [1.29, 1.82) is 0 Å². The molecule has 168 valence electrons. The molecule has 1 heterocycles. The zero-order valence-electron chi connectivity index (χ0n) is 18.1. The van der Waals surface area contributed by atoms with Gasteiger partial charge in [0.15, 0.2) is 11.5 Å². The highest BCUT2D eigenvalue weighted by molar-refractivity contribution is 5.94. The second kappa shape index (κ2) is 13.4. The lowest BCUT2D eigenvalue weighted by atomic mass is 10.2. The average Bonchev–Trinajstić information content (AvgIpc) is 2.77. The third kappa shape index (κ3) is 8.60. The van der Waals surface area contributed by atoms with E-state index in [-0.39, 0.29) is 5.57 Å². The minimum absolute atomic E-state index is 0.0167. The number of benzene rings is 1. The van der Waals surface area contributed by atoms with E-state index in [1.54, 1.807) is 24.3 Å². The molecule has 0 radical (unpaired) electrons. The summed E-state index contributed by atoms with van der Waals surface area (Å²) >= 11 is 0. The Hall–Kier alpha value is -3.82. The third-order valence-electron chi connectivity index (χ3n) is 3.99. The summed E-state index contributed by atoms with van der Waals surface area (Å²) in [6, 6.07) is 5.20. The summed E-state index contributed by atoms with van der Waals surface area (Å²) in [6.07, 6.45) is 5.16. The van der Waals surface area contributed by atoms with Crippen LogP contribution in [0.15, 0.2) is 59.8 Å². The minimum atomic E-state index is -0.610. The predicted molar refractivity (Wildman–Crippen MR) is 120 cm³/mol. The van der Waals surface area contributed by atoms with Gasteiger partial charge in [-0.05, 0) is 30.7 Å². The molecule has 0 unspecified atom stereocenters. The van der Waals surface area contributed by atoms with Crippen molar-refractivity contribution in [2.24, 2.45) is 4.99 Å². The molecule has 1 amide bonds. The fourth-order valence-corrected chi connectivity index (χ4v) is 2.52. The Kier molecular flexibility index (Phi) is 10.9. The van der Waals surface area contributed by atoms with E-state index in [0.717, 1.165) is 12.1 Å². The van der Waals surface area contributed by atoms with Gasteiger partial charge in [0.25, 0.3) is 5.91 Å². The van der Waals surface area contributed by atoms with Crippen LogP contribution in [0.3, 0.4) is 0 Å². The Morgan fingerprint density at radius 1 is 1.26 bits per heavy atom. The highest BCUT2D eigenvalue weighted by Gasteiger charge is 2.14. The van der Waals surface area contributed by atoms with Crippen LogP contribution in [-0.4, -0.2) is 55.9 Å². The molecule has 0 aromatic heterocycles. The summed E-state index contributed by atoms with van der Waals surface area (Å²) in [6.45, 7) is 8.35. The summed E-state index contributed by atoms with van der Waals surface area (Å²) in [4.78, 5) is 28.6. The Morgan fingerprint density at radius 2 is 1.94 bits per heavy atom. The van der Waals surface area contributed by atoms with Crippen LogP contribution in [-0.2, 0) is 4.79 Å². The summed E-state index contributed by atoms with van der Waals surface area (Å²) in [5, 5.41) is 10.9. The first-order valence-electron chi connectivity index (χ1n) is 9.57. The van der Waals surface area contributed by atoms with Crippen molar-refractivity contribution >= 4 is 17.9 Å². The Balaban J connectivity index is 0.00000233. The van der Waals surface area contributed by atoms with E-state index >= 15 is 0 Å². The number of nitrogens with one attached hydrogen (secondary N) is 2. The molecule has 0 bridgehead atoms.